The summed E-state index contributed by atoms with van der Waals surface area (Å²) in [6.45, 7) is 3.15. The lowest BCUT2D eigenvalue weighted by atomic mass is 10.1. The highest BCUT2D eigenvalue weighted by Gasteiger charge is 2.28. The van der Waals surface area contributed by atoms with Gasteiger partial charge in [-0.15, -0.1) is 11.3 Å². The Balaban J connectivity index is 1.86. The number of rotatable bonds is 3. The van der Waals surface area contributed by atoms with Gasteiger partial charge in [-0.25, -0.2) is 0 Å². The Morgan fingerprint density at radius 2 is 2.33 bits per heavy atom. The number of amides is 1. The molecule has 6 heteroatoms. The average Bonchev–Trinajstić information content (AvgIpc) is 2.84. The first-order chi connectivity index (χ1) is 10.2. The molecule has 1 aliphatic rings. The normalized spacial score (nSPS) is 19.8. The van der Waals surface area contributed by atoms with Gasteiger partial charge in [-0.3, -0.25) is 9.69 Å². The molecule has 1 aliphatic heterocycles. The number of carbonyl (C=O) groups is 1. The van der Waals surface area contributed by atoms with Crippen LogP contribution in [-0.4, -0.2) is 43.5 Å². The van der Waals surface area contributed by atoms with Crippen molar-refractivity contribution in [1.29, 1.82) is 0 Å². The topological polar surface area (TPSA) is 44.4 Å². The van der Waals surface area contributed by atoms with Crippen LogP contribution in [0.2, 0.25) is 5.02 Å². The summed E-state index contributed by atoms with van der Waals surface area (Å²) in [5.41, 5.74) is 0. The first-order valence-electron chi connectivity index (χ1n) is 7.03. The van der Waals surface area contributed by atoms with E-state index in [1.807, 2.05) is 18.2 Å². The van der Waals surface area contributed by atoms with E-state index in [2.05, 4.69) is 21.6 Å². The lowest BCUT2D eigenvalue weighted by molar-refractivity contribution is -0.126. The molecule has 0 bridgehead atoms. The van der Waals surface area contributed by atoms with Crippen LogP contribution in [0.25, 0.3) is 10.1 Å². The molecule has 1 atom stereocenters. The number of benzene rings is 1. The van der Waals surface area contributed by atoms with Crippen molar-refractivity contribution in [2.75, 3.05) is 26.7 Å². The molecule has 3 rings (SSSR count). The maximum absolute atomic E-state index is 12.0. The van der Waals surface area contributed by atoms with Gasteiger partial charge in [-0.1, -0.05) is 29.8 Å². The molecular weight excluding hydrogens is 306 g/mol. The van der Waals surface area contributed by atoms with Gasteiger partial charge in [-0.05, 0) is 6.07 Å². The average molecular weight is 324 g/mol. The van der Waals surface area contributed by atoms with Crippen LogP contribution >= 0.6 is 22.9 Å². The number of halogens is 1. The Hall–Kier alpha value is -1.14. The molecule has 0 radical (unpaired) electrons. The van der Waals surface area contributed by atoms with E-state index < -0.39 is 0 Å². The van der Waals surface area contributed by atoms with E-state index in [0.717, 1.165) is 34.9 Å². The molecule has 0 aliphatic carbocycles. The van der Waals surface area contributed by atoms with E-state index >= 15 is 0 Å². The number of piperazine rings is 1. The number of thiophene rings is 1. The van der Waals surface area contributed by atoms with Crippen LogP contribution in [-0.2, 0) is 11.3 Å². The van der Waals surface area contributed by atoms with Crippen LogP contribution in [0.3, 0.4) is 0 Å². The zero-order valence-electron chi connectivity index (χ0n) is 11.9. The summed E-state index contributed by atoms with van der Waals surface area (Å²) in [7, 11) is 1.68. The minimum Gasteiger partial charge on any atom is -0.358 e. The molecule has 21 heavy (non-hydrogen) atoms. The lowest BCUT2D eigenvalue weighted by Gasteiger charge is -2.34. The lowest BCUT2D eigenvalue weighted by Crippen LogP contribution is -2.56. The second-order valence-corrected chi connectivity index (χ2v) is 6.65. The molecular formula is C15H18ClN3OS. The highest BCUT2D eigenvalue weighted by atomic mass is 35.5. The summed E-state index contributed by atoms with van der Waals surface area (Å²) in [5, 5.41) is 7.94. The molecule has 2 aromatic rings. The fourth-order valence-corrected chi connectivity index (χ4v) is 4.23. The molecule has 4 nitrogen and oxygen atoms in total. The van der Waals surface area contributed by atoms with Crippen molar-refractivity contribution in [3.63, 3.8) is 0 Å². The molecule has 1 aromatic carbocycles. The van der Waals surface area contributed by atoms with Crippen molar-refractivity contribution < 1.29 is 4.79 Å². The van der Waals surface area contributed by atoms with Crippen LogP contribution in [0.4, 0.5) is 0 Å². The van der Waals surface area contributed by atoms with Gasteiger partial charge in [0, 0.05) is 48.2 Å². The van der Waals surface area contributed by atoms with Gasteiger partial charge in [-0.2, -0.15) is 0 Å². The molecule has 1 saturated heterocycles. The number of nitrogens with one attached hydrogen (secondary N) is 2. The Morgan fingerprint density at radius 3 is 3.10 bits per heavy atom. The van der Waals surface area contributed by atoms with Gasteiger partial charge < -0.3 is 10.6 Å². The zero-order chi connectivity index (χ0) is 14.8. The third-order valence-corrected chi connectivity index (χ3v) is 5.55. The second-order valence-electron chi connectivity index (χ2n) is 5.14. The third kappa shape index (κ3) is 2.92. The summed E-state index contributed by atoms with van der Waals surface area (Å²) < 4.78 is 1.20. The highest BCUT2D eigenvalue weighted by Crippen LogP contribution is 2.36. The largest absolute Gasteiger partial charge is 0.358 e. The summed E-state index contributed by atoms with van der Waals surface area (Å²) in [6.07, 6.45) is 0. The van der Waals surface area contributed by atoms with E-state index in [-0.39, 0.29) is 11.9 Å². The second kappa shape index (κ2) is 6.32. The molecule has 2 heterocycles. The molecule has 1 aromatic heterocycles. The number of carbonyl (C=O) groups excluding carboxylic acids is 1. The van der Waals surface area contributed by atoms with Gasteiger partial charge in [0.1, 0.15) is 6.04 Å². The van der Waals surface area contributed by atoms with Gasteiger partial charge >= 0.3 is 0 Å². The Labute approximate surface area is 133 Å². The number of fused-ring (bicyclic) bond motifs is 1. The maximum atomic E-state index is 12.0. The predicted molar refractivity (Wildman–Crippen MR) is 88.0 cm³/mol. The van der Waals surface area contributed by atoms with E-state index in [0.29, 0.717) is 6.54 Å². The van der Waals surface area contributed by atoms with Crippen LogP contribution < -0.4 is 10.6 Å². The number of likely N-dealkylation sites (N-methyl/N-ethyl adjacent to an activating group) is 1. The van der Waals surface area contributed by atoms with Crippen molar-refractivity contribution in [2.45, 2.75) is 12.6 Å². The smallest absolute Gasteiger partial charge is 0.238 e. The number of hydrogen-bond donors (Lipinski definition) is 2. The van der Waals surface area contributed by atoms with E-state index in [4.69, 9.17) is 11.6 Å². The first kappa shape index (κ1) is 14.8. The maximum Gasteiger partial charge on any atom is 0.238 e. The number of nitrogens with zero attached hydrogens (tertiary/aromatic N) is 1. The minimum absolute atomic E-state index is 0.0550. The Kier molecular flexibility index (Phi) is 4.45. The van der Waals surface area contributed by atoms with Crippen LogP contribution in [0.5, 0.6) is 0 Å². The van der Waals surface area contributed by atoms with Crippen LogP contribution in [0.1, 0.15) is 4.88 Å². The summed E-state index contributed by atoms with van der Waals surface area (Å²) in [4.78, 5) is 15.3. The Morgan fingerprint density at radius 1 is 1.52 bits per heavy atom. The SMILES string of the molecule is CNC(=O)C1CNCCN1Cc1sc2ccccc2c1Cl. The fraction of sp³-hybridized carbons (Fsp3) is 0.400. The van der Waals surface area contributed by atoms with Crippen molar-refractivity contribution in [2.24, 2.45) is 0 Å². The molecule has 0 saturated carbocycles. The van der Waals surface area contributed by atoms with Crippen LogP contribution in [0.15, 0.2) is 24.3 Å². The minimum atomic E-state index is -0.134. The van der Waals surface area contributed by atoms with E-state index in [1.165, 1.54) is 4.70 Å². The molecule has 1 amide bonds. The summed E-state index contributed by atoms with van der Waals surface area (Å²) in [6, 6.07) is 8.03. The molecule has 1 fully saturated rings. The fourth-order valence-electron chi connectivity index (χ4n) is 2.71. The summed E-state index contributed by atoms with van der Waals surface area (Å²) in [5.74, 6) is 0.0550. The molecule has 1 unspecified atom stereocenters. The van der Waals surface area contributed by atoms with Gasteiger partial charge in [0.15, 0.2) is 0 Å². The van der Waals surface area contributed by atoms with Gasteiger partial charge in [0.25, 0.3) is 0 Å². The van der Waals surface area contributed by atoms with Crippen LogP contribution in [0, 0.1) is 0 Å². The Bertz CT molecular complexity index is 657. The molecule has 0 spiro atoms. The summed E-state index contributed by atoms with van der Waals surface area (Å²) >= 11 is 8.22. The van der Waals surface area contributed by atoms with Crippen molar-refractivity contribution in [1.82, 2.24) is 15.5 Å². The van der Waals surface area contributed by atoms with E-state index in [9.17, 15) is 4.79 Å². The quantitative estimate of drug-likeness (QED) is 0.909. The standard InChI is InChI=1S/C15H18ClN3OS/c1-17-15(20)11-8-18-6-7-19(11)9-13-14(16)10-4-2-3-5-12(10)21-13/h2-5,11,18H,6-9H2,1H3,(H,17,20). The predicted octanol–water partition coefficient (Wildman–Crippen LogP) is 2.07. The van der Waals surface area contributed by atoms with Crippen molar-refractivity contribution >= 4 is 38.9 Å². The third-order valence-electron chi connectivity index (χ3n) is 3.85. The van der Waals surface area contributed by atoms with E-state index in [1.54, 1.807) is 18.4 Å². The van der Waals surface area contributed by atoms with Gasteiger partial charge in [0.2, 0.25) is 5.91 Å². The van der Waals surface area contributed by atoms with Crippen molar-refractivity contribution in [3.05, 3.63) is 34.2 Å². The zero-order valence-corrected chi connectivity index (χ0v) is 13.4. The number of hydrogen-bond acceptors (Lipinski definition) is 4. The van der Waals surface area contributed by atoms with Crippen molar-refractivity contribution in [3.8, 4) is 0 Å². The molecule has 112 valence electrons. The highest BCUT2D eigenvalue weighted by molar-refractivity contribution is 7.19. The first-order valence-corrected chi connectivity index (χ1v) is 8.22. The molecule has 2 N–H and O–H groups in total. The van der Waals surface area contributed by atoms with Gasteiger partial charge in [0.05, 0.1) is 5.02 Å². The monoisotopic (exact) mass is 323 g/mol.